The minimum absolute atomic E-state index is 0.266. The fourth-order valence-electron chi connectivity index (χ4n) is 2.09. The van der Waals surface area contributed by atoms with E-state index in [1.807, 2.05) is 6.07 Å². The van der Waals surface area contributed by atoms with Crippen molar-refractivity contribution in [3.63, 3.8) is 0 Å². The number of pyridine rings is 1. The van der Waals surface area contributed by atoms with E-state index in [2.05, 4.69) is 10.4 Å². The predicted molar refractivity (Wildman–Crippen MR) is 99.7 cm³/mol. The summed E-state index contributed by atoms with van der Waals surface area (Å²) in [4.78, 5) is 29.2. The number of nitrogens with one attached hydrogen (secondary N) is 1. The van der Waals surface area contributed by atoms with E-state index >= 15 is 0 Å². The summed E-state index contributed by atoms with van der Waals surface area (Å²) in [6.45, 7) is 0. The lowest BCUT2D eigenvalue weighted by Crippen LogP contribution is -2.44. The van der Waals surface area contributed by atoms with Gasteiger partial charge in [-0.05, 0) is 54.2 Å². The molecule has 1 saturated heterocycles. The minimum Gasteiger partial charge on any atom is -0.497 e. The fraction of sp³-hybridized carbons (Fsp3) is 0.0588. The minimum atomic E-state index is -0.429. The van der Waals surface area contributed by atoms with E-state index in [4.69, 9.17) is 17.0 Å². The maximum absolute atomic E-state index is 12.5. The third kappa shape index (κ3) is 3.86. The molecule has 126 valence electrons. The van der Waals surface area contributed by atoms with Gasteiger partial charge in [0.1, 0.15) is 5.75 Å². The van der Waals surface area contributed by atoms with Crippen molar-refractivity contribution < 1.29 is 14.3 Å². The van der Waals surface area contributed by atoms with Crippen molar-refractivity contribution in [1.82, 2.24) is 15.4 Å². The van der Waals surface area contributed by atoms with Gasteiger partial charge in [0.2, 0.25) is 0 Å². The third-order valence-electron chi connectivity index (χ3n) is 3.34. The quantitative estimate of drug-likeness (QED) is 0.658. The van der Waals surface area contributed by atoms with E-state index in [0.29, 0.717) is 16.2 Å². The largest absolute Gasteiger partial charge is 0.497 e. The molecule has 1 aliphatic heterocycles. The molecule has 0 bridgehead atoms. The second kappa shape index (κ2) is 7.45. The Kier molecular flexibility index (Phi) is 5.11. The summed E-state index contributed by atoms with van der Waals surface area (Å²) in [6, 6.07) is 10.2. The van der Waals surface area contributed by atoms with Gasteiger partial charge in [0.25, 0.3) is 11.8 Å². The first-order chi connectivity index (χ1) is 12.1. The van der Waals surface area contributed by atoms with E-state index in [1.54, 1.807) is 55.9 Å². The number of hydrogen-bond donors (Lipinski definition) is 1. The number of benzene rings is 1. The summed E-state index contributed by atoms with van der Waals surface area (Å²) in [6.07, 6.45) is 4.98. The van der Waals surface area contributed by atoms with Crippen molar-refractivity contribution >= 4 is 46.2 Å². The first kappa shape index (κ1) is 17.1. The average Bonchev–Trinajstić information content (AvgIpc) is 2.90. The van der Waals surface area contributed by atoms with Gasteiger partial charge >= 0.3 is 0 Å². The lowest BCUT2D eigenvalue weighted by molar-refractivity contribution is -0.123. The Morgan fingerprint density at radius 1 is 1.32 bits per heavy atom. The highest BCUT2D eigenvalue weighted by Crippen LogP contribution is 2.31. The van der Waals surface area contributed by atoms with Crippen LogP contribution >= 0.6 is 24.0 Å². The Labute approximate surface area is 153 Å². The molecule has 1 fully saturated rings. The van der Waals surface area contributed by atoms with Crippen LogP contribution in [0.3, 0.4) is 0 Å². The molecule has 0 unspecified atom stereocenters. The number of nitrogens with zero attached hydrogens (tertiary/aromatic N) is 2. The molecule has 8 heteroatoms. The van der Waals surface area contributed by atoms with Crippen LogP contribution in [0.1, 0.15) is 15.9 Å². The van der Waals surface area contributed by atoms with Crippen LogP contribution < -0.4 is 10.2 Å². The van der Waals surface area contributed by atoms with Crippen molar-refractivity contribution in [2.75, 3.05) is 7.11 Å². The molecule has 0 atom stereocenters. The molecule has 0 spiro atoms. The van der Waals surface area contributed by atoms with E-state index in [9.17, 15) is 9.59 Å². The molecule has 1 aromatic heterocycles. The normalized spacial score (nSPS) is 15.6. The van der Waals surface area contributed by atoms with E-state index in [-0.39, 0.29) is 10.2 Å². The number of thiocarbonyl (C=S) groups is 1. The molecule has 2 aromatic rings. The fourth-order valence-corrected chi connectivity index (χ4v) is 3.26. The Morgan fingerprint density at radius 3 is 2.72 bits per heavy atom. The van der Waals surface area contributed by atoms with Crippen LogP contribution in [0.2, 0.25) is 0 Å². The van der Waals surface area contributed by atoms with Gasteiger partial charge in [-0.25, -0.2) is 0 Å². The van der Waals surface area contributed by atoms with Crippen LogP contribution in [0.4, 0.5) is 0 Å². The van der Waals surface area contributed by atoms with E-state index in [1.165, 1.54) is 0 Å². The lowest BCUT2D eigenvalue weighted by atomic mass is 10.2. The summed E-state index contributed by atoms with van der Waals surface area (Å²) in [5.41, 5.74) is 3.71. The molecule has 25 heavy (non-hydrogen) atoms. The Hall–Kier alpha value is -2.71. The molecular weight excluding hydrogens is 358 g/mol. The number of amides is 2. The van der Waals surface area contributed by atoms with Gasteiger partial charge in [0.05, 0.1) is 12.0 Å². The number of aromatic nitrogens is 1. The Bertz CT molecular complexity index is 851. The van der Waals surface area contributed by atoms with Crippen LogP contribution in [0.5, 0.6) is 5.75 Å². The molecule has 0 saturated carbocycles. The number of rotatable bonds is 4. The second-order valence-electron chi connectivity index (χ2n) is 4.97. The van der Waals surface area contributed by atoms with Crippen molar-refractivity contribution in [2.45, 2.75) is 0 Å². The number of methoxy groups -OCH3 is 1. The maximum Gasteiger partial charge on any atom is 0.285 e. The van der Waals surface area contributed by atoms with Crippen LogP contribution in [0.15, 0.2) is 53.7 Å². The molecule has 0 aliphatic carbocycles. The second-order valence-corrected chi connectivity index (χ2v) is 6.65. The van der Waals surface area contributed by atoms with Gasteiger partial charge in [0.15, 0.2) is 4.32 Å². The molecule has 3 rings (SSSR count). The summed E-state index contributed by atoms with van der Waals surface area (Å²) in [5, 5.41) is 1.08. The Morgan fingerprint density at radius 2 is 2.08 bits per heavy atom. The highest BCUT2D eigenvalue weighted by atomic mass is 32.2. The molecule has 6 nitrogen and oxygen atoms in total. The first-order valence-electron chi connectivity index (χ1n) is 7.21. The van der Waals surface area contributed by atoms with Gasteiger partial charge in [-0.2, -0.15) is 5.01 Å². The van der Waals surface area contributed by atoms with Crippen LogP contribution in [-0.2, 0) is 4.79 Å². The molecule has 2 heterocycles. The van der Waals surface area contributed by atoms with Crippen LogP contribution in [0.25, 0.3) is 6.08 Å². The average molecular weight is 371 g/mol. The number of ether oxygens (including phenoxy) is 1. The van der Waals surface area contributed by atoms with Gasteiger partial charge in [0, 0.05) is 18.0 Å². The summed E-state index contributed by atoms with van der Waals surface area (Å²) in [5.74, 6) is -0.163. The summed E-state index contributed by atoms with van der Waals surface area (Å²) < 4.78 is 5.32. The first-order valence-corrected chi connectivity index (χ1v) is 8.44. The zero-order valence-electron chi connectivity index (χ0n) is 13.1. The van der Waals surface area contributed by atoms with Gasteiger partial charge < -0.3 is 4.74 Å². The number of carbonyl (C=O) groups excluding carboxylic acids is 2. The summed E-state index contributed by atoms with van der Waals surface area (Å²) >= 11 is 6.32. The van der Waals surface area contributed by atoms with Crippen molar-refractivity contribution in [2.24, 2.45) is 0 Å². The molecule has 1 aromatic carbocycles. The lowest BCUT2D eigenvalue weighted by Gasteiger charge is -2.15. The molecule has 2 amide bonds. The van der Waals surface area contributed by atoms with Crippen LogP contribution in [-0.4, -0.2) is 33.2 Å². The number of hydrazine groups is 1. The molecular formula is C17H13N3O3S2. The topological polar surface area (TPSA) is 71.5 Å². The zero-order valence-corrected chi connectivity index (χ0v) is 14.8. The maximum atomic E-state index is 12.5. The number of thioether (sulfide) groups is 1. The van der Waals surface area contributed by atoms with Crippen molar-refractivity contribution in [3.05, 3.63) is 64.8 Å². The van der Waals surface area contributed by atoms with Gasteiger partial charge in [-0.1, -0.05) is 17.8 Å². The van der Waals surface area contributed by atoms with Gasteiger partial charge in [-0.3, -0.25) is 20.0 Å². The van der Waals surface area contributed by atoms with Crippen molar-refractivity contribution in [1.29, 1.82) is 0 Å². The Balaban J connectivity index is 1.74. The smallest absolute Gasteiger partial charge is 0.285 e. The third-order valence-corrected chi connectivity index (χ3v) is 4.64. The SMILES string of the molecule is COc1ccc(C(=O)NN2C(=O)/C(=C\c3cccnc3)SC2=S)cc1. The number of hydrogen-bond acceptors (Lipinski definition) is 6. The standard InChI is InChI=1S/C17H13N3O3S2/c1-23-13-6-4-12(5-7-13)15(21)19-20-16(22)14(25-17(20)24)9-11-3-2-8-18-10-11/h2-10H,1H3,(H,19,21)/b14-9+. The molecule has 0 radical (unpaired) electrons. The predicted octanol–water partition coefficient (Wildman–Crippen LogP) is 2.64. The monoisotopic (exact) mass is 371 g/mol. The summed E-state index contributed by atoms with van der Waals surface area (Å²) in [7, 11) is 1.55. The number of carbonyl (C=O) groups is 2. The van der Waals surface area contributed by atoms with Crippen LogP contribution in [0, 0.1) is 0 Å². The van der Waals surface area contributed by atoms with Gasteiger partial charge in [-0.15, -0.1) is 0 Å². The highest BCUT2D eigenvalue weighted by molar-refractivity contribution is 8.26. The zero-order chi connectivity index (χ0) is 17.8. The molecule has 1 aliphatic rings. The van der Waals surface area contributed by atoms with E-state index in [0.717, 1.165) is 22.3 Å². The highest BCUT2D eigenvalue weighted by Gasteiger charge is 2.33. The molecule has 1 N–H and O–H groups in total. The van der Waals surface area contributed by atoms with E-state index < -0.39 is 5.91 Å². The van der Waals surface area contributed by atoms with Crippen molar-refractivity contribution in [3.8, 4) is 5.75 Å².